The first kappa shape index (κ1) is 14.7. The molecular formula is C14H26N4. The summed E-state index contributed by atoms with van der Waals surface area (Å²) in [5.41, 5.74) is 5.92. The quantitative estimate of drug-likeness (QED) is 0.808. The molecule has 0 aliphatic carbocycles. The molecule has 0 bridgehead atoms. The molecule has 0 fully saturated rings. The monoisotopic (exact) mass is 250 g/mol. The molecule has 1 heterocycles. The van der Waals surface area contributed by atoms with Gasteiger partial charge in [-0.05, 0) is 24.7 Å². The van der Waals surface area contributed by atoms with Gasteiger partial charge in [-0.15, -0.1) is 0 Å². The Balaban J connectivity index is 2.73. The molecule has 2 N–H and O–H groups in total. The van der Waals surface area contributed by atoms with Gasteiger partial charge >= 0.3 is 0 Å². The molecule has 102 valence electrons. The van der Waals surface area contributed by atoms with Gasteiger partial charge in [0.15, 0.2) is 11.6 Å². The minimum atomic E-state index is 0.532. The number of hydrogen-bond acceptors (Lipinski definition) is 4. The smallest absolute Gasteiger partial charge is 0.171 e. The van der Waals surface area contributed by atoms with Crippen LogP contribution in [-0.4, -0.2) is 23.1 Å². The Morgan fingerprint density at radius 3 is 1.94 bits per heavy atom. The van der Waals surface area contributed by atoms with Crippen molar-refractivity contribution in [2.24, 2.45) is 11.8 Å². The Morgan fingerprint density at radius 1 is 1.00 bits per heavy atom. The van der Waals surface area contributed by atoms with Crippen molar-refractivity contribution in [3.8, 4) is 0 Å². The number of nitrogens with zero attached hydrogens (tertiary/aromatic N) is 3. The van der Waals surface area contributed by atoms with Crippen LogP contribution >= 0.6 is 0 Å². The van der Waals surface area contributed by atoms with Crippen molar-refractivity contribution in [2.45, 2.75) is 40.5 Å². The van der Waals surface area contributed by atoms with Crippen LogP contribution in [0, 0.1) is 11.8 Å². The van der Waals surface area contributed by atoms with Crippen LogP contribution in [0.1, 0.15) is 40.5 Å². The summed E-state index contributed by atoms with van der Waals surface area (Å²) in [4.78, 5) is 10.8. The summed E-state index contributed by atoms with van der Waals surface area (Å²) in [7, 11) is 0. The first-order valence-corrected chi connectivity index (χ1v) is 6.82. The lowest BCUT2D eigenvalue weighted by molar-refractivity contribution is 0.533. The number of anilines is 2. The summed E-state index contributed by atoms with van der Waals surface area (Å²) in [5, 5.41) is 0. The van der Waals surface area contributed by atoms with Crippen molar-refractivity contribution >= 4 is 11.6 Å². The van der Waals surface area contributed by atoms with Gasteiger partial charge in [0.05, 0.1) is 0 Å². The van der Waals surface area contributed by atoms with Crippen LogP contribution < -0.4 is 10.6 Å². The highest BCUT2D eigenvalue weighted by molar-refractivity contribution is 5.57. The third-order valence-corrected chi connectivity index (χ3v) is 2.96. The van der Waals surface area contributed by atoms with E-state index in [9.17, 15) is 0 Å². The van der Waals surface area contributed by atoms with Crippen LogP contribution in [0.25, 0.3) is 0 Å². The zero-order chi connectivity index (χ0) is 13.5. The van der Waals surface area contributed by atoms with E-state index < -0.39 is 0 Å². The van der Waals surface area contributed by atoms with Crippen molar-refractivity contribution in [3.05, 3.63) is 12.4 Å². The molecule has 4 heteroatoms. The molecule has 0 saturated carbocycles. The molecule has 0 unspecified atom stereocenters. The molecule has 4 nitrogen and oxygen atoms in total. The lowest BCUT2D eigenvalue weighted by Gasteiger charge is -2.26. The van der Waals surface area contributed by atoms with Crippen LogP contribution in [-0.2, 0) is 0 Å². The van der Waals surface area contributed by atoms with Crippen LogP contribution in [0.15, 0.2) is 12.4 Å². The first-order valence-electron chi connectivity index (χ1n) is 6.82. The van der Waals surface area contributed by atoms with Gasteiger partial charge in [0.1, 0.15) is 0 Å². The number of aromatic nitrogens is 2. The van der Waals surface area contributed by atoms with E-state index in [4.69, 9.17) is 5.73 Å². The molecule has 0 atom stereocenters. The van der Waals surface area contributed by atoms with Crippen molar-refractivity contribution in [3.63, 3.8) is 0 Å². The van der Waals surface area contributed by atoms with Crippen molar-refractivity contribution in [2.75, 3.05) is 23.7 Å². The Morgan fingerprint density at radius 2 is 1.50 bits per heavy atom. The highest BCUT2D eigenvalue weighted by Crippen LogP contribution is 2.19. The minimum Gasteiger partial charge on any atom is -0.381 e. The third-order valence-electron chi connectivity index (χ3n) is 2.96. The molecule has 18 heavy (non-hydrogen) atoms. The lowest BCUT2D eigenvalue weighted by atomic mass is 10.1. The molecule has 0 amide bonds. The molecule has 1 aromatic rings. The predicted molar refractivity (Wildman–Crippen MR) is 77.6 cm³/mol. The Hall–Kier alpha value is -1.32. The second-order valence-electron chi connectivity index (χ2n) is 5.62. The van der Waals surface area contributed by atoms with Gasteiger partial charge < -0.3 is 10.6 Å². The van der Waals surface area contributed by atoms with Gasteiger partial charge in [0.25, 0.3) is 0 Å². The van der Waals surface area contributed by atoms with E-state index in [1.54, 1.807) is 12.4 Å². The number of nitrogens with two attached hydrogens (primary N) is 1. The molecule has 0 aliphatic heterocycles. The van der Waals surface area contributed by atoms with Crippen molar-refractivity contribution in [1.82, 2.24) is 9.97 Å². The van der Waals surface area contributed by atoms with Gasteiger partial charge in [0.2, 0.25) is 0 Å². The summed E-state index contributed by atoms with van der Waals surface area (Å²) in [6, 6.07) is 0. The molecular weight excluding hydrogens is 224 g/mol. The van der Waals surface area contributed by atoms with Gasteiger partial charge in [0, 0.05) is 25.5 Å². The van der Waals surface area contributed by atoms with E-state index in [1.165, 1.54) is 0 Å². The summed E-state index contributed by atoms with van der Waals surface area (Å²) < 4.78 is 0. The maximum absolute atomic E-state index is 5.92. The zero-order valence-electron chi connectivity index (χ0n) is 12.1. The second kappa shape index (κ2) is 7.19. The largest absolute Gasteiger partial charge is 0.381 e. The van der Waals surface area contributed by atoms with Crippen LogP contribution in [0.2, 0.25) is 0 Å². The van der Waals surface area contributed by atoms with E-state index >= 15 is 0 Å². The maximum Gasteiger partial charge on any atom is 0.171 e. The molecule has 1 rings (SSSR count). The molecule has 0 aliphatic rings. The predicted octanol–water partition coefficient (Wildman–Crippen LogP) is 2.96. The van der Waals surface area contributed by atoms with Gasteiger partial charge in [-0.2, -0.15) is 0 Å². The van der Waals surface area contributed by atoms with E-state index in [0.717, 1.165) is 31.7 Å². The molecule has 1 aromatic heterocycles. The van der Waals surface area contributed by atoms with E-state index in [1.807, 2.05) is 0 Å². The first-order chi connectivity index (χ1) is 8.50. The van der Waals surface area contributed by atoms with Crippen molar-refractivity contribution < 1.29 is 0 Å². The third kappa shape index (κ3) is 4.90. The Kier molecular flexibility index (Phi) is 5.89. The van der Waals surface area contributed by atoms with Gasteiger partial charge in [-0.25, -0.2) is 9.97 Å². The van der Waals surface area contributed by atoms with E-state index in [2.05, 4.69) is 42.6 Å². The summed E-state index contributed by atoms with van der Waals surface area (Å²) in [6.07, 6.45) is 5.65. The standard InChI is InChI=1S/C14H26N4/c1-11(2)5-9-18(10-6-12(3)4)14-13(15)16-7-8-17-14/h7-8,11-12H,5-6,9-10H2,1-4H3,(H2,15,16). The number of nitrogen functional groups attached to an aromatic ring is 1. The molecule has 0 aromatic carbocycles. The van der Waals surface area contributed by atoms with Crippen LogP contribution in [0.3, 0.4) is 0 Å². The average molecular weight is 250 g/mol. The van der Waals surface area contributed by atoms with Crippen molar-refractivity contribution in [1.29, 1.82) is 0 Å². The lowest BCUT2D eigenvalue weighted by Crippen LogP contribution is -2.29. The topological polar surface area (TPSA) is 55.0 Å². The molecule has 0 radical (unpaired) electrons. The van der Waals surface area contributed by atoms with E-state index in [0.29, 0.717) is 17.7 Å². The minimum absolute atomic E-state index is 0.532. The van der Waals surface area contributed by atoms with Crippen LogP contribution in [0.4, 0.5) is 11.6 Å². The maximum atomic E-state index is 5.92. The number of hydrogen-bond donors (Lipinski definition) is 1. The fourth-order valence-corrected chi connectivity index (χ4v) is 1.74. The molecule has 0 spiro atoms. The second-order valence-corrected chi connectivity index (χ2v) is 5.62. The normalized spacial score (nSPS) is 11.2. The van der Waals surface area contributed by atoms with E-state index in [-0.39, 0.29) is 0 Å². The highest BCUT2D eigenvalue weighted by atomic mass is 15.2. The van der Waals surface area contributed by atoms with Gasteiger partial charge in [-0.3, -0.25) is 0 Å². The molecule has 0 saturated heterocycles. The number of rotatable bonds is 7. The fourth-order valence-electron chi connectivity index (χ4n) is 1.74. The Labute approximate surface area is 111 Å². The zero-order valence-corrected chi connectivity index (χ0v) is 12.1. The summed E-state index contributed by atoms with van der Waals surface area (Å²) in [5.74, 6) is 2.73. The fraction of sp³-hybridized carbons (Fsp3) is 0.714. The van der Waals surface area contributed by atoms with Crippen LogP contribution in [0.5, 0.6) is 0 Å². The Bertz CT molecular complexity index is 337. The highest BCUT2D eigenvalue weighted by Gasteiger charge is 2.13. The summed E-state index contributed by atoms with van der Waals surface area (Å²) in [6.45, 7) is 10.9. The average Bonchev–Trinajstić information content (AvgIpc) is 2.30. The SMILES string of the molecule is CC(C)CCN(CCC(C)C)c1nccnc1N. The summed E-state index contributed by atoms with van der Waals surface area (Å²) >= 11 is 0. The van der Waals surface area contributed by atoms with Gasteiger partial charge in [-0.1, -0.05) is 27.7 Å².